The van der Waals surface area contributed by atoms with Crippen molar-refractivity contribution in [2.45, 2.75) is 25.2 Å². The van der Waals surface area contributed by atoms with Crippen LogP contribution in [0.15, 0.2) is 23.1 Å². The van der Waals surface area contributed by atoms with Crippen molar-refractivity contribution in [1.82, 2.24) is 9.62 Å². The van der Waals surface area contributed by atoms with Crippen LogP contribution in [-0.2, 0) is 19.6 Å². The van der Waals surface area contributed by atoms with Crippen molar-refractivity contribution in [2.24, 2.45) is 0 Å². The number of methoxy groups -OCH3 is 1. The molecule has 0 spiro atoms. The Hall–Kier alpha value is -1.51. The van der Waals surface area contributed by atoms with E-state index in [1.54, 1.807) is 12.0 Å². The van der Waals surface area contributed by atoms with Crippen LogP contribution in [0.4, 0.5) is 4.39 Å². The number of benzene rings is 1. The van der Waals surface area contributed by atoms with Crippen molar-refractivity contribution < 1.29 is 22.3 Å². The predicted molar refractivity (Wildman–Crippen MR) is 85.1 cm³/mol. The van der Waals surface area contributed by atoms with E-state index in [2.05, 4.69) is 4.72 Å². The van der Waals surface area contributed by atoms with Gasteiger partial charge in [-0.2, -0.15) is 0 Å². The van der Waals surface area contributed by atoms with E-state index < -0.39 is 15.8 Å². The lowest BCUT2D eigenvalue weighted by Gasteiger charge is -2.21. The molecule has 0 saturated heterocycles. The van der Waals surface area contributed by atoms with Gasteiger partial charge in [-0.15, -0.1) is 0 Å². The van der Waals surface area contributed by atoms with Gasteiger partial charge in [-0.25, -0.2) is 17.5 Å². The average Bonchev–Trinajstić information content (AvgIpc) is 2.48. The van der Waals surface area contributed by atoms with Gasteiger partial charge in [0.15, 0.2) is 0 Å². The third-order valence-corrected chi connectivity index (χ3v) is 4.79. The first-order valence-corrected chi connectivity index (χ1v) is 8.76. The minimum Gasteiger partial charge on any atom is -0.385 e. The highest BCUT2D eigenvalue weighted by Gasteiger charge is 2.16. The second-order valence-corrected chi connectivity index (χ2v) is 6.93. The summed E-state index contributed by atoms with van der Waals surface area (Å²) in [5, 5.41) is 0. The summed E-state index contributed by atoms with van der Waals surface area (Å²) in [5.74, 6) is -0.581. The smallest absolute Gasteiger partial charge is 0.240 e. The Morgan fingerprint density at radius 2 is 2.04 bits per heavy atom. The van der Waals surface area contributed by atoms with Crippen LogP contribution in [-0.4, -0.2) is 52.6 Å². The Morgan fingerprint density at radius 3 is 2.61 bits per heavy atom. The van der Waals surface area contributed by atoms with E-state index in [-0.39, 0.29) is 29.5 Å². The van der Waals surface area contributed by atoms with E-state index in [9.17, 15) is 17.6 Å². The number of carbonyl (C=O) groups is 1. The van der Waals surface area contributed by atoms with Gasteiger partial charge in [-0.05, 0) is 37.1 Å². The summed E-state index contributed by atoms with van der Waals surface area (Å²) in [6.45, 7) is 4.32. The Balaban J connectivity index is 2.60. The fourth-order valence-corrected chi connectivity index (χ4v) is 3.11. The van der Waals surface area contributed by atoms with Gasteiger partial charge in [0.25, 0.3) is 0 Å². The molecule has 0 atom stereocenters. The molecule has 0 fully saturated rings. The number of aryl methyl sites for hydroxylation is 1. The van der Waals surface area contributed by atoms with E-state index in [0.29, 0.717) is 19.6 Å². The molecule has 0 aliphatic heterocycles. The summed E-state index contributed by atoms with van der Waals surface area (Å²) < 4.78 is 44.9. The number of hydrogen-bond acceptors (Lipinski definition) is 4. The number of sulfonamides is 1. The Kier molecular flexibility index (Phi) is 7.60. The Bertz CT molecular complexity index is 634. The quantitative estimate of drug-likeness (QED) is 0.684. The third-order valence-electron chi connectivity index (χ3n) is 3.34. The van der Waals surface area contributed by atoms with Gasteiger partial charge in [-0.1, -0.05) is 0 Å². The van der Waals surface area contributed by atoms with Gasteiger partial charge in [0.2, 0.25) is 15.9 Å². The van der Waals surface area contributed by atoms with Crippen molar-refractivity contribution >= 4 is 15.9 Å². The number of rotatable bonds is 9. The lowest BCUT2D eigenvalue weighted by atomic mass is 10.2. The number of nitrogens with one attached hydrogen (secondary N) is 1. The summed E-state index contributed by atoms with van der Waals surface area (Å²) in [4.78, 5) is 13.1. The third kappa shape index (κ3) is 6.25. The number of amides is 1. The molecule has 130 valence electrons. The largest absolute Gasteiger partial charge is 0.385 e. The number of carbonyl (C=O) groups excluding carboxylic acids is 1. The lowest BCUT2D eigenvalue weighted by Crippen LogP contribution is -2.38. The molecule has 1 rings (SSSR count). The minimum atomic E-state index is -3.73. The lowest BCUT2D eigenvalue weighted by molar-refractivity contribution is -0.128. The topological polar surface area (TPSA) is 75.7 Å². The fraction of sp³-hybridized carbons (Fsp3) is 0.533. The van der Waals surface area contributed by atoms with Crippen molar-refractivity contribution in [3.8, 4) is 0 Å². The maximum atomic E-state index is 13.2. The summed E-state index contributed by atoms with van der Waals surface area (Å²) in [5.41, 5.74) is 0.262. The molecule has 1 aromatic carbocycles. The Labute approximate surface area is 136 Å². The molecule has 8 heteroatoms. The minimum absolute atomic E-state index is 0.00478. The highest BCUT2D eigenvalue weighted by Crippen LogP contribution is 2.13. The molecule has 23 heavy (non-hydrogen) atoms. The molecular weight excluding hydrogens is 323 g/mol. The molecule has 1 N–H and O–H groups in total. The summed E-state index contributed by atoms with van der Waals surface area (Å²) in [6, 6.07) is 3.61. The van der Waals surface area contributed by atoms with Crippen molar-refractivity contribution in [3.63, 3.8) is 0 Å². The zero-order valence-electron chi connectivity index (χ0n) is 13.6. The zero-order chi connectivity index (χ0) is 17.5. The first-order valence-electron chi connectivity index (χ1n) is 7.28. The fourth-order valence-electron chi connectivity index (χ4n) is 2.01. The van der Waals surface area contributed by atoms with E-state index in [1.807, 2.05) is 0 Å². The van der Waals surface area contributed by atoms with Crippen LogP contribution >= 0.6 is 0 Å². The molecule has 0 unspecified atom stereocenters. The van der Waals surface area contributed by atoms with Crippen LogP contribution in [0.5, 0.6) is 0 Å². The highest BCUT2D eigenvalue weighted by atomic mass is 32.2. The van der Waals surface area contributed by atoms with E-state index in [1.165, 1.54) is 26.0 Å². The first-order chi connectivity index (χ1) is 10.8. The molecule has 1 aromatic rings. The standard InChI is InChI=1S/C15H23FN2O4S/c1-12-11-14(5-6-15(12)16)23(20,21)17-7-9-18(13(2)19)8-4-10-22-3/h5-6,11,17H,4,7-10H2,1-3H3. The number of halogens is 1. The van der Waals surface area contributed by atoms with Gasteiger partial charge in [0.1, 0.15) is 5.82 Å². The van der Waals surface area contributed by atoms with E-state index in [4.69, 9.17) is 4.74 Å². The van der Waals surface area contributed by atoms with Crippen LogP contribution in [0.2, 0.25) is 0 Å². The first kappa shape index (κ1) is 19.5. The molecule has 0 heterocycles. The SMILES string of the molecule is COCCCN(CCNS(=O)(=O)c1ccc(F)c(C)c1)C(C)=O. The zero-order valence-corrected chi connectivity index (χ0v) is 14.5. The second-order valence-electron chi connectivity index (χ2n) is 5.16. The number of nitrogens with zero attached hydrogens (tertiary/aromatic N) is 1. The average molecular weight is 346 g/mol. The van der Waals surface area contributed by atoms with Crippen molar-refractivity contribution in [3.05, 3.63) is 29.6 Å². The van der Waals surface area contributed by atoms with Crippen LogP contribution in [0.3, 0.4) is 0 Å². The summed E-state index contributed by atoms with van der Waals surface area (Å²) >= 11 is 0. The molecule has 0 bridgehead atoms. The molecule has 0 aromatic heterocycles. The van der Waals surface area contributed by atoms with Crippen molar-refractivity contribution in [1.29, 1.82) is 0 Å². The normalized spacial score (nSPS) is 11.5. The molecule has 0 aliphatic carbocycles. The molecule has 0 aliphatic rings. The van der Waals surface area contributed by atoms with Gasteiger partial charge >= 0.3 is 0 Å². The summed E-state index contributed by atoms with van der Waals surface area (Å²) in [6.07, 6.45) is 0.681. The van der Waals surface area contributed by atoms with Crippen LogP contribution in [0, 0.1) is 12.7 Å². The van der Waals surface area contributed by atoms with Gasteiger partial charge in [-0.3, -0.25) is 4.79 Å². The highest BCUT2D eigenvalue weighted by molar-refractivity contribution is 7.89. The van der Waals surface area contributed by atoms with Gasteiger partial charge in [0.05, 0.1) is 4.90 Å². The van der Waals surface area contributed by atoms with Gasteiger partial charge < -0.3 is 9.64 Å². The van der Waals surface area contributed by atoms with Crippen LogP contribution < -0.4 is 4.72 Å². The molecular formula is C15H23FN2O4S. The van der Waals surface area contributed by atoms with E-state index in [0.717, 1.165) is 6.07 Å². The number of hydrogen-bond donors (Lipinski definition) is 1. The predicted octanol–water partition coefficient (Wildman–Crippen LogP) is 1.30. The van der Waals surface area contributed by atoms with Crippen LogP contribution in [0.1, 0.15) is 18.9 Å². The Morgan fingerprint density at radius 1 is 1.35 bits per heavy atom. The maximum Gasteiger partial charge on any atom is 0.240 e. The maximum absolute atomic E-state index is 13.2. The van der Waals surface area contributed by atoms with Crippen LogP contribution in [0.25, 0.3) is 0 Å². The molecule has 6 nitrogen and oxygen atoms in total. The second kappa shape index (κ2) is 8.95. The number of ether oxygens (including phenoxy) is 1. The molecule has 0 radical (unpaired) electrons. The summed E-state index contributed by atoms with van der Waals surface area (Å²) in [7, 11) is -2.15. The monoisotopic (exact) mass is 346 g/mol. The molecule has 1 amide bonds. The van der Waals surface area contributed by atoms with Crippen molar-refractivity contribution in [2.75, 3.05) is 33.4 Å². The van der Waals surface area contributed by atoms with Gasteiger partial charge in [0, 0.05) is 40.3 Å². The van der Waals surface area contributed by atoms with E-state index >= 15 is 0 Å². The molecule has 0 saturated carbocycles.